The van der Waals surface area contributed by atoms with Gasteiger partial charge < -0.3 is 14.4 Å². The Morgan fingerprint density at radius 3 is 2.21 bits per heavy atom. The predicted octanol–water partition coefficient (Wildman–Crippen LogP) is 3.98. The molecule has 24 heavy (non-hydrogen) atoms. The normalized spacial score (nSPS) is 15.9. The van der Waals surface area contributed by atoms with Crippen molar-refractivity contribution >= 4 is 12.1 Å². The van der Waals surface area contributed by atoms with Crippen LogP contribution in [0.1, 0.15) is 62.4 Å². The SMILES string of the molecule is CCOC(=O)c1ccc(C2CCN(C(=O)OC(C)(C)C)CC2)cc1. The number of piperidine rings is 1. The van der Waals surface area contributed by atoms with Crippen molar-refractivity contribution in [3.63, 3.8) is 0 Å². The maximum Gasteiger partial charge on any atom is 0.410 e. The first-order valence-electron chi connectivity index (χ1n) is 8.55. The van der Waals surface area contributed by atoms with Gasteiger partial charge in [0.15, 0.2) is 0 Å². The molecule has 0 saturated carbocycles. The van der Waals surface area contributed by atoms with E-state index in [4.69, 9.17) is 9.47 Å². The molecule has 1 saturated heterocycles. The Morgan fingerprint density at radius 1 is 1.12 bits per heavy atom. The summed E-state index contributed by atoms with van der Waals surface area (Å²) in [6.07, 6.45) is 1.56. The summed E-state index contributed by atoms with van der Waals surface area (Å²) in [5.74, 6) is 0.115. The zero-order valence-electron chi connectivity index (χ0n) is 15.0. The molecule has 0 aliphatic carbocycles. The van der Waals surface area contributed by atoms with Crippen molar-refractivity contribution in [2.75, 3.05) is 19.7 Å². The van der Waals surface area contributed by atoms with Crippen LogP contribution in [0.3, 0.4) is 0 Å². The van der Waals surface area contributed by atoms with Gasteiger partial charge >= 0.3 is 12.1 Å². The van der Waals surface area contributed by atoms with E-state index in [1.54, 1.807) is 11.8 Å². The Morgan fingerprint density at radius 2 is 1.71 bits per heavy atom. The zero-order valence-corrected chi connectivity index (χ0v) is 15.0. The fraction of sp³-hybridized carbons (Fsp3) is 0.579. The summed E-state index contributed by atoms with van der Waals surface area (Å²) in [4.78, 5) is 25.5. The van der Waals surface area contributed by atoms with Gasteiger partial charge in [0, 0.05) is 13.1 Å². The van der Waals surface area contributed by atoms with Crippen LogP contribution >= 0.6 is 0 Å². The first-order valence-corrected chi connectivity index (χ1v) is 8.55. The quantitative estimate of drug-likeness (QED) is 0.785. The van der Waals surface area contributed by atoms with Crippen LogP contribution in [-0.2, 0) is 9.47 Å². The van der Waals surface area contributed by atoms with Crippen molar-refractivity contribution in [1.82, 2.24) is 4.90 Å². The summed E-state index contributed by atoms with van der Waals surface area (Å²) >= 11 is 0. The fourth-order valence-corrected chi connectivity index (χ4v) is 2.83. The molecule has 1 aliphatic rings. The Kier molecular flexibility index (Phi) is 5.86. The van der Waals surface area contributed by atoms with Crippen molar-refractivity contribution in [3.05, 3.63) is 35.4 Å². The highest BCUT2D eigenvalue weighted by Gasteiger charge is 2.27. The third-order valence-electron chi connectivity index (χ3n) is 4.04. The van der Waals surface area contributed by atoms with Crippen LogP contribution in [0.25, 0.3) is 0 Å². The number of likely N-dealkylation sites (tertiary alicyclic amines) is 1. The molecule has 5 heteroatoms. The van der Waals surface area contributed by atoms with Gasteiger partial charge in [0.25, 0.3) is 0 Å². The average Bonchev–Trinajstić information content (AvgIpc) is 2.54. The molecule has 0 unspecified atom stereocenters. The second-order valence-corrected chi connectivity index (χ2v) is 7.08. The number of amides is 1. The molecule has 0 atom stereocenters. The molecule has 1 fully saturated rings. The number of hydrogen-bond donors (Lipinski definition) is 0. The van der Waals surface area contributed by atoms with E-state index in [9.17, 15) is 9.59 Å². The summed E-state index contributed by atoms with van der Waals surface area (Å²) in [6.45, 7) is 9.20. The van der Waals surface area contributed by atoms with Crippen LogP contribution in [0.15, 0.2) is 24.3 Å². The van der Waals surface area contributed by atoms with Crippen LogP contribution < -0.4 is 0 Å². The lowest BCUT2D eigenvalue weighted by Gasteiger charge is -2.33. The summed E-state index contributed by atoms with van der Waals surface area (Å²) in [5.41, 5.74) is 1.32. The first kappa shape index (κ1) is 18.3. The molecular formula is C19H27NO4. The van der Waals surface area contributed by atoms with Crippen molar-refractivity contribution in [2.45, 2.75) is 52.1 Å². The number of rotatable bonds is 3. The lowest BCUT2D eigenvalue weighted by atomic mass is 9.89. The molecule has 0 N–H and O–H groups in total. The number of nitrogens with zero attached hydrogens (tertiary/aromatic N) is 1. The summed E-state index contributed by atoms with van der Waals surface area (Å²) in [5, 5.41) is 0. The molecule has 5 nitrogen and oxygen atoms in total. The topological polar surface area (TPSA) is 55.8 Å². The molecule has 1 heterocycles. The van der Waals surface area contributed by atoms with E-state index >= 15 is 0 Å². The summed E-state index contributed by atoms with van der Waals surface area (Å²) in [6, 6.07) is 7.60. The fourth-order valence-electron chi connectivity index (χ4n) is 2.83. The van der Waals surface area contributed by atoms with Crippen LogP contribution in [0, 0.1) is 0 Å². The standard InChI is InChI=1S/C19H27NO4/c1-5-23-17(21)16-8-6-14(7-9-16)15-10-12-20(13-11-15)18(22)24-19(2,3)4/h6-9,15H,5,10-13H2,1-4H3. The highest BCUT2D eigenvalue weighted by molar-refractivity contribution is 5.89. The van der Waals surface area contributed by atoms with Gasteiger partial charge in [-0.1, -0.05) is 12.1 Å². The third kappa shape index (κ3) is 4.98. The molecule has 1 aliphatic heterocycles. The van der Waals surface area contributed by atoms with E-state index in [-0.39, 0.29) is 12.1 Å². The number of hydrogen-bond acceptors (Lipinski definition) is 4. The molecule has 1 amide bonds. The lowest BCUT2D eigenvalue weighted by molar-refractivity contribution is 0.0204. The van der Waals surface area contributed by atoms with Gasteiger partial charge in [-0.15, -0.1) is 0 Å². The molecular weight excluding hydrogens is 306 g/mol. The van der Waals surface area contributed by atoms with Gasteiger partial charge in [-0.05, 0) is 64.2 Å². The first-order chi connectivity index (χ1) is 11.3. The maximum atomic E-state index is 12.1. The summed E-state index contributed by atoms with van der Waals surface area (Å²) in [7, 11) is 0. The molecule has 1 aromatic rings. The van der Waals surface area contributed by atoms with Gasteiger partial charge in [-0.25, -0.2) is 9.59 Å². The second kappa shape index (κ2) is 7.69. The van der Waals surface area contributed by atoms with Crippen LogP contribution in [-0.4, -0.2) is 42.3 Å². The van der Waals surface area contributed by atoms with E-state index in [1.807, 2.05) is 45.0 Å². The molecule has 2 rings (SSSR count). The van der Waals surface area contributed by atoms with Gasteiger partial charge in [0.1, 0.15) is 5.60 Å². The monoisotopic (exact) mass is 333 g/mol. The highest BCUT2D eigenvalue weighted by Crippen LogP contribution is 2.29. The average molecular weight is 333 g/mol. The summed E-state index contributed by atoms with van der Waals surface area (Å²) < 4.78 is 10.4. The highest BCUT2D eigenvalue weighted by atomic mass is 16.6. The van der Waals surface area contributed by atoms with E-state index in [2.05, 4.69) is 0 Å². The van der Waals surface area contributed by atoms with Gasteiger partial charge in [-0.3, -0.25) is 0 Å². The number of ether oxygens (including phenoxy) is 2. The van der Waals surface area contributed by atoms with E-state index in [0.29, 0.717) is 31.2 Å². The smallest absolute Gasteiger partial charge is 0.410 e. The number of carbonyl (C=O) groups excluding carboxylic acids is 2. The number of benzene rings is 1. The van der Waals surface area contributed by atoms with E-state index in [1.165, 1.54) is 5.56 Å². The molecule has 0 radical (unpaired) electrons. The third-order valence-corrected chi connectivity index (χ3v) is 4.04. The maximum absolute atomic E-state index is 12.1. The Labute approximate surface area is 143 Å². The Balaban J connectivity index is 1.90. The van der Waals surface area contributed by atoms with Crippen LogP contribution in [0.4, 0.5) is 4.79 Å². The van der Waals surface area contributed by atoms with Crippen molar-refractivity contribution in [2.24, 2.45) is 0 Å². The molecule has 0 aromatic heterocycles. The minimum Gasteiger partial charge on any atom is -0.462 e. The van der Waals surface area contributed by atoms with Gasteiger partial charge in [-0.2, -0.15) is 0 Å². The number of carbonyl (C=O) groups is 2. The minimum atomic E-state index is -0.461. The van der Waals surface area contributed by atoms with Crippen LogP contribution in [0.2, 0.25) is 0 Å². The zero-order chi connectivity index (χ0) is 17.7. The predicted molar refractivity (Wildman–Crippen MR) is 92.2 cm³/mol. The Hall–Kier alpha value is -2.04. The molecule has 1 aromatic carbocycles. The van der Waals surface area contributed by atoms with E-state index < -0.39 is 5.60 Å². The second-order valence-electron chi connectivity index (χ2n) is 7.08. The number of esters is 1. The largest absolute Gasteiger partial charge is 0.462 e. The minimum absolute atomic E-state index is 0.237. The molecule has 0 bridgehead atoms. The van der Waals surface area contributed by atoms with Crippen LogP contribution in [0.5, 0.6) is 0 Å². The molecule has 0 spiro atoms. The van der Waals surface area contributed by atoms with Gasteiger partial charge in [0.05, 0.1) is 12.2 Å². The Bertz CT molecular complexity index is 566. The van der Waals surface area contributed by atoms with Gasteiger partial charge in [0.2, 0.25) is 0 Å². The molecule has 132 valence electrons. The lowest BCUT2D eigenvalue weighted by Crippen LogP contribution is -2.41. The van der Waals surface area contributed by atoms with Crippen molar-refractivity contribution in [1.29, 1.82) is 0 Å². The van der Waals surface area contributed by atoms with Crippen molar-refractivity contribution < 1.29 is 19.1 Å². The van der Waals surface area contributed by atoms with Crippen molar-refractivity contribution in [3.8, 4) is 0 Å². The van der Waals surface area contributed by atoms with E-state index in [0.717, 1.165) is 12.8 Å².